The Morgan fingerprint density at radius 2 is 2.06 bits per heavy atom. The van der Waals surface area contributed by atoms with Crippen molar-refractivity contribution < 1.29 is 5.11 Å². The summed E-state index contributed by atoms with van der Waals surface area (Å²) in [4.78, 5) is 10.9. The van der Waals surface area contributed by atoms with Gasteiger partial charge in [-0.05, 0) is 24.6 Å². The number of benzene rings is 1. The van der Waals surface area contributed by atoms with Gasteiger partial charge >= 0.3 is 0 Å². The molecule has 17 heavy (non-hydrogen) atoms. The topological polar surface area (TPSA) is 66.0 Å². The molecule has 0 saturated heterocycles. The number of phenolic OH excluding ortho intramolecular Hbond substituents is 1. The Balaban J connectivity index is 2.68. The first kappa shape index (κ1) is 12.0. The highest BCUT2D eigenvalue weighted by Gasteiger charge is 2.14. The first-order valence-electron chi connectivity index (χ1n) is 4.74. The summed E-state index contributed by atoms with van der Waals surface area (Å²) in [6.45, 7) is 1.70. The molecule has 0 radical (unpaired) electrons. The molecule has 0 spiro atoms. The number of aromatic hydroxyl groups is 1. The van der Waals surface area contributed by atoms with Crippen molar-refractivity contribution in [3.8, 4) is 17.0 Å². The fraction of sp³-hybridized carbons (Fsp3) is 0.0909. The van der Waals surface area contributed by atoms with Gasteiger partial charge in [-0.3, -0.25) is 4.79 Å². The number of aromatic nitrogens is 2. The summed E-state index contributed by atoms with van der Waals surface area (Å²) in [6.07, 6.45) is 0. The lowest BCUT2D eigenvalue weighted by atomic mass is 10.1. The van der Waals surface area contributed by atoms with Crippen molar-refractivity contribution in [2.24, 2.45) is 0 Å². The van der Waals surface area contributed by atoms with Crippen LogP contribution in [0.4, 0.5) is 0 Å². The molecule has 0 bridgehead atoms. The third-order valence-corrected chi connectivity index (χ3v) is 3.23. The molecular formula is C11H8Cl2N2O2. The van der Waals surface area contributed by atoms with Crippen molar-refractivity contribution in [2.45, 2.75) is 6.92 Å². The van der Waals surface area contributed by atoms with Crippen LogP contribution in [0.5, 0.6) is 5.75 Å². The minimum absolute atomic E-state index is 0.104. The Hall–Kier alpha value is -1.52. The van der Waals surface area contributed by atoms with E-state index in [4.69, 9.17) is 23.2 Å². The predicted octanol–water partition coefficient (Wildman–Crippen LogP) is 2.76. The van der Waals surface area contributed by atoms with Gasteiger partial charge in [0, 0.05) is 16.7 Å². The summed E-state index contributed by atoms with van der Waals surface area (Å²) in [5.74, 6) is -0.104. The molecule has 0 fully saturated rings. The van der Waals surface area contributed by atoms with Gasteiger partial charge in [-0.25, -0.2) is 5.10 Å². The Bertz CT molecular complexity index is 618. The van der Waals surface area contributed by atoms with Crippen molar-refractivity contribution in [1.29, 1.82) is 0 Å². The highest BCUT2D eigenvalue weighted by atomic mass is 35.5. The lowest BCUT2D eigenvalue weighted by Gasteiger charge is -2.09. The Morgan fingerprint density at radius 1 is 1.35 bits per heavy atom. The number of H-pyrrole nitrogens is 1. The van der Waals surface area contributed by atoms with Gasteiger partial charge in [0.1, 0.15) is 5.75 Å². The molecule has 2 N–H and O–H groups in total. The molecule has 4 nitrogen and oxygen atoms in total. The van der Waals surface area contributed by atoms with E-state index in [0.717, 1.165) is 0 Å². The standard InChI is InChI=1S/C11H8Cl2N2O2/c1-5-7(12)4-6(11(17)10(5)13)8-2-3-9(16)15-14-8/h2-4,17H,1H3,(H,15,16). The zero-order valence-corrected chi connectivity index (χ0v) is 10.3. The van der Waals surface area contributed by atoms with Crippen molar-refractivity contribution in [1.82, 2.24) is 10.2 Å². The van der Waals surface area contributed by atoms with Gasteiger partial charge in [-0.1, -0.05) is 23.2 Å². The number of aromatic amines is 1. The van der Waals surface area contributed by atoms with Gasteiger partial charge in [0.05, 0.1) is 10.7 Å². The maximum atomic E-state index is 10.9. The SMILES string of the molecule is Cc1c(Cl)cc(-c2ccc(=O)[nH]n2)c(O)c1Cl. The van der Waals surface area contributed by atoms with Gasteiger partial charge in [0.15, 0.2) is 0 Å². The zero-order valence-electron chi connectivity index (χ0n) is 8.79. The Labute approximate surface area is 107 Å². The van der Waals surface area contributed by atoms with Crippen LogP contribution in [0.3, 0.4) is 0 Å². The quantitative estimate of drug-likeness (QED) is 0.838. The van der Waals surface area contributed by atoms with Gasteiger partial charge in [0.25, 0.3) is 5.56 Å². The highest BCUT2D eigenvalue weighted by Crippen LogP contribution is 2.39. The molecular weight excluding hydrogens is 263 g/mol. The maximum Gasteiger partial charge on any atom is 0.264 e. The average molecular weight is 271 g/mol. The normalized spacial score (nSPS) is 10.5. The molecule has 88 valence electrons. The summed E-state index contributed by atoms with van der Waals surface area (Å²) >= 11 is 11.9. The van der Waals surface area contributed by atoms with E-state index >= 15 is 0 Å². The van der Waals surface area contributed by atoms with Crippen LogP contribution in [0.2, 0.25) is 10.0 Å². The Kier molecular flexibility index (Phi) is 3.09. The summed E-state index contributed by atoms with van der Waals surface area (Å²) in [6, 6.07) is 4.35. The lowest BCUT2D eigenvalue weighted by Crippen LogP contribution is -2.05. The molecule has 1 aromatic heterocycles. The van der Waals surface area contributed by atoms with Gasteiger partial charge in [-0.2, -0.15) is 5.10 Å². The van der Waals surface area contributed by atoms with Gasteiger partial charge < -0.3 is 5.11 Å². The highest BCUT2D eigenvalue weighted by molar-refractivity contribution is 6.37. The van der Waals surface area contributed by atoms with Crippen LogP contribution in [0, 0.1) is 6.92 Å². The number of hydrogen-bond acceptors (Lipinski definition) is 3. The van der Waals surface area contributed by atoms with Gasteiger partial charge in [0.2, 0.25) is 0 Å². The summed E-state index contributed by atoms with van der Waals surface area (Å²) in [7, 11) is 0. The van der Waals surface area contributed by atoms with Crippen molar-refractivity contribution >= 4 is 23.2 Å². The van der Waals surface area contributed by atoms with E-state index in [2.05, 4.69) is 10.2 Å². The number of nitrogens with zero attached hydrogens (tertiary/aromatic N) is 1. The predicted molar refractivity (Wildman–Crippen MR) is 66.7 cm³/mol. The molecule has 0 aliphatic carbocycles. The van der Waals surface area contributed by atoms with Crippen molar-refractivity contribution in [3.63, 3.8) is 0 Å². The first-order valence-corrected chi connectivity index (χ1v) is 5.50. The minimum atomic E-state index is -0.322. The molecule has 6 heteroatoms. The second kappa shape index (κ2) is 4.39. The van der Waals surface area contributed by atoms with Crippen molar-refractivity contribution in [2.75, 3.05) is 0 Å². The molecule has 0 aliphatic rings. The van der Waals surface area contributed by atoms with Crippen LogP contribution in [-0.4, -0.2) is 15.3 Å². The van der Waals surface area contributed by atoms with E-state index in [1.807, 2.05) is 0 Å². The van der Waals surface area contributed by atoms with Crippen LogP contribution in [0.1, 0.15) is 5.56 Å². The third kappa shape index (κ3) is 2.14. The molecule has 0 unspecified atom stereocenters. The van der Waals surface area contributed by atoms with E-state index in [1.54, 1.807) is 13.0 Å². The summed E-state index contributed by atoms with van der Waals surface area (Å²) in [5.41, 5.74) is 1.05. The summed E-state index contributed by atoms with van der Waals surface area (Å²) in [5, 5.41) is 16.6. The molecule has 2 rings (SSSR count). The van der Waals surface area contributed by atoms with E-state index in [0.29, 0.717) is 21.8 Å². The van der Waals surface area contributed by atoms with Crippen LogP contribution < -0.4 is 5.56 Å². The van der Waals surface area contributed by atoms with Crippen LogP contribution in [0.25, 0.3) is 11.3 Å². The maximum absolute atomic E-state index is 10.9. The molecule has 1 aromatic carbocycles. The molecule has 0 amide bonds. The van der Waals surface area contributed by atoms with E-state index in [1.165, 1.54) is 12.1 Å². The molecule has 0 saturated carbocycles. The first-order chi connectivity index (χ1) is 8.00. The second-order valence-electron chi connectivity index (χ2n) is 3.50. The lowest BCUT2D eigenvalue weighted by molar-refractivity contribution is 0.477. The zero-order chi connectivity index (χ0) is 12.6. The number of halogens is 2. The smallest absolute Gasteiger partial charge is 0.264 e. The third-order valence-electron chi connectivity index (χ3n) is 2.38. The number of rotatable bonds is 1. The van der Waals surface area contributed by atoms with E-state index in [-0.39, 0.29) is 16.3 Å². The van der Waals surface area contributed by atoms with Crippen LogP contribution in [-0.2, 0) is 0 Å². The number of hydrogen-bond donors (Lipinski definition) is 2. The molecule has 0 aliphatic heterocycles. The molecule has 0 atom stereocenters. The van der Waals surface area contributed by atoms with E-state index in [9.17, 15) is 9.90 Å². The van der Waals surface area contributed by atoms with Crippen LogP contribution >= 0.6 is 23.2 Å². The average Bonchev–Trinajstić information content (AvgIpc) is 2.32. The largest absolute Gasteiger partial charge is 0.506 e. The minimum Gasteiger partial charge on any atom is -0.506 e. The van der Waals surface area contributed by atoms with Crippen LogP contribution in [0.15, 0.2) is 23.0 Å². The fourth-order valence-electron chi connectivity index (χ4n) is 1.39. The monoisotopic (exact) mass is 270 g/mol. The second-order valence-corrected chi connectivity index (χ2v) is 4.29. The van der Waals surface area contributed by atoms with E-state index < -0.39 is 0 Å². The van der Waals surface area contributed by atoms with Crippen molar-refractivity contribution in [3.05, 3.63) is 44.2 Å². The molecule has 2 aromatic rings. The van der Waals surface area contributed by atoms with Gasteiger partial charge in [-0.15, -0.1) is 0 Å². The fourth-order valence-corrected chi connectivity index (χ4v) is 1.85. The number of phenols is 1. The Morgan fingerprint density at radius 3 is 2.65 bits per heavy atom. The number of nitrogens with one attached hydrogen (secondary N) is 1. The summed E-state index contributed by atoms with van der Waals surface area (Å²) < 4.78 is 0. The molecule has 1 heterocycles.